The number of halogens is 1. The van der Waals surface area contributed by atoms with Gasteiger partial charge in [-0.1, -0.05) is 6.07 Å². The zero-order valence-electron chi connectivity index (χ0n) is 14.2. The Hall–Kier alpha value is -2.78. The molecule has 1 aromatic carbocycles. The zero-order valence-corrected chi connectivity index (χ0v) is 15.0. The van der Waals surface area contributed by atoms with Gasteiger partial charge in [-0.25, -0.2) is 17.5 Å². The fraction of sp³-hybridized carbons (Fsp3) is 0.176. The summed E-state index contributed by atoms with van der Waals surface area (Å²) >= 11 is 0. The van der Waals surface area contributed by atoms with E-state index in [1.165, 1.54) is 19.2 Å². The lowest BCUT2D eigenvalue weighted by Gasteiger charge is -2.10. The first kappa shape index (κ1) is 18.0. The van der Waals surface area contributed by atoms with Crippen LogP contribution in [0.3, 0.4) is 0 Å². The highest BCUT2D eigenvalue weighted by atomic mass is 32.2. The molecule has 0 aliphatic carbocycles. The molecule has 2 heterocycles. The van der Waals surface area contributed by atoms with Gasteiger partial charge in [0.1, 0.15) is 0 Å². The molecule has 0 amide bonds. The summed E-state index contributed by atoms with van der Waals surface area (Å²) in [5.41, 5.74) is 2.08. The molecule has 0 radical (unpaired) electrons. The van der Waals surface area contributed by atoms with Crippen LogP contribution >= 0.6 is 0 Å². The van der Waals surface area contributed by atoms with E-state index < -0.39 is 15.8 Å². The van der Waals surface area contributed by atoms with Crippen molar-refractivity contribution >= 4 is 10.0 Å². The number of aryl methyl sites for hydroxylation is 1. The predicted octanol–water partition coefficient (Wildman–Crippen LogP) is 2.11. The second-order valence-electron chi connectivity index (χ2n) is 5.53. The highest BCUT2D eigenvalue weighted by Crippen LogP contribution is 2.23. The van der Waals surface area contributed by atoms with Crippen molar-refractivity contribution in [2.24, 2.45) is 7.05 Å². The van der Waals surface area contributed by atoms with Crippen LogP contribution < -0.4 is 9.46 Å². The highest BCUT2D eigenvalue weighted by molar-refractivity contribution is 7.89. The third-order valence-corrected chi connectivity index (χ3v) is 5.15. The molecule has 0 aliphatic heterocycles. The maximum absolute atomic E-state index is 13.8. The van der Waals surface area contributed by atoms with Gasteiger partial charge in [0.05, 0.1) is 23.9 Å². The van der Waals surface area contributed by atoms with Crippen molar-refractivity contribution in [1.29, 1.82) is 0 Å². The van der Waals surface area contributed by atoms with Gasteiger partial charge in [-0.3, -0.25) is 9.67 Å². The fourth-order valence-electron chi connectivity index (χ4n) is 2.46. The smallest absolute Gasteiger partial charge is 0.240 e. The van der Waals surface area contributed by atoms with Crippen molar-refractivity contribution < 1.29 is 17.5 Å². The van der Waals surface area contributed by atoms with Crippen LogP contribution in [0.1, 0.15) is 5.56 Å². The summed E-state index contributed by atoms with van der Waals surface area (Å²) < 4.78 is 47.6. The Kier molecular flexibility index (Phi) is 5.01. The Balaban J connectivity index is 1.84. The van der Waals surface area contributed by atoms with Crippen molar-refractivity contribution in [2.75, 3.05) is 7.11 Å². The first-order valence-electron chi connectivity index (χ1n) is 7.67. The molecule has 2 aromatic heterocycles. The molecule has 0 fully saturated rings. The molecular formula is C17H17FN4O3S. The molecule has 3 rings (SSSR count). The monoisotopic (exact) mass is 376 g/mol. The molecule has 0 unspecified atom stereocenters. The summed E-state index contributed by atoms with van der Waals surface area (Å²) in [5, 5.41) is 4.10. The van der Waals surface area contributed by atoms with Crippen LogP contribution in [0, 0.1) is 5.82 Å². The van der Waals surface area contributed by atoms with E-state index >= 15 is 0 Å². The largest absolute Gasteiger partial charge is 0.494 e. The predicted molar refractivity (Wildman–Crippen MR) is 93.4 cm³/mol. The minimum absolute atomic E-state index is 0.00799. The van der Waals surface area contributed by atoms with Crippen LogP contribution in [0.25, 0.3) is 11.3 Å². The van der Waals surface area contributed by atoms with Crippen molar-refractivity contribution in [3.63, 3.8) is 0 Å². The van der Waals surface area contributed by atoms with Gasteiger partial charge in [-0.15, -0.1) is 0 Å². The quantitative estimate of drug-likeness (QED) is 0.712. The summed E-state index contributed by atoms with van der Waals surface area (Å²) in [4.78, 5) is 4.13. The summed E-state index contributed by atoms with van der Waals surface area (Å²) in [5.74, 6) is -0.761. The number of rotatable bonds is 6. The van der Waals surface area contributed by atoms with Crippen molar-refractivity contribution in [3.05, 3.63) is 60.3 Å². The maximum Gasteiger partial charge on any atom is 0.240 e. The average Bonchev–Trinajstić information content (AvgIpc) is 3.06. The third-order valence-electron chi connectivity index (χ3n) is 3.76. The van der Waals surface area contributed by atoms with E-state index in [0.717, 1.165) is 11.6 Å². The molecule has 0 saturated heterocycles. The number of ether oxygens (including phenoxy) is 1. The third kappa shape index (κ3) is 3.73. The molecule has 3 aromatic rings. The van der Waals surface area contributed by atoms with Crippen LogP contribution in [-0.4, -0.2) is 30.3 Å². The lowest BCUT2D eigenvalue weighted by atomic mass is 10.1. The second-order valence-corrected chi connectivity index (χ2v) is 7.30. The summed E-state index contributed by atoms with van der Waals surface area (Å²) in [6, 6.07) is 6.97. The van der Waals surface area contributed by atoms with E-state index in [9.17, 15) is 12.8 Å². The van der Waals surface area contributed by atoms with Crippen LogP contribution in [-0.2, 0) is 23.6 Å². The summed E-state index contributed by atoms with van der Waals surface area (Å²) in [7, 11) is -0.796. The minimum Gasteiger partial charge on any atom is -0.494 e. The molecule has 0 atom stereocenters. The minimum atomic E-state index is -3.89. The lowest BCUT2D eigenvalue weighted by molar-refractivity contribution is 0.385. The van der Waals surface area contributed by atoms with Crippen molar-refractivity contribution in [2.45, 2.75) is 11.4 Å². The van der Waals surface area contributed by atoms with Gasteiger partial charge < -0.3 is 4.74 Å². The number of methoxy groups -OCH3 is 1. The van der Waals surface area contributed by atoms with Crippen LogP contribution in [0.5, 0.6) is 5.75 Å². The van der Waals surface area contributed by atoms with E-state index in [1.54, 1.807) is 42.5 Å². The molecule has 1 N–H and O–H groups in total. The Bertz CT molecular complexity index is 1030. The number of aromatic nitrogens is 3. The molecule has 0 aliphatic rings. The van der Waals surface area contributed by atoms with E-state index in [2.05, 4.69) is 14.8 Å². The van der Waals surface area contributed by atoms with E-state index in [-0.39, 0.29) is 17.2 Å². The second kappa shape index (κ2) is 7.22. The molecular weight excluding hydrogens is 359 g/mol. The number of nitrogens with zero attached hydrogens (tertiary/aromatic N) is 3. The number of hydrogen-bond acceptors (Lipinski definition) is 5. The molecule has 0 bridgehead atoms. The average molecular weight is 376 g/mol. The maximum atomic E-state index is 13.8. The summed E-state index contributed by atoms with van der Waals surface area (Å²) in [6.07, 6.45) is 5.07. The van der Waals surface area contributed by atoms with Gasteiger partial charge in [-0.05, 0) is 29.8 Å². The first-order valence-corrected chi connectivity index (χ1v) is 9.15. The number of nitrogens with one attached hydrogen (secondary N) is 1. The van der Waals surface area contributed by atoms with Crippen LogP contribution in [0.4, 0.5) is 4.39 Å². The molecule has 0 saturated carbocycles. The lowest BCUT2D eigenvalue weighted by Crippen LogP contribution is -2.23. The number of sulfonamides is 1. The van der Waals surface area contributed by atoms with E-state index in [0.29, 0.717) is 11.3 Å². The normalized spacial score (nSPS) is 11.5. The molecule has 0 spiro atoms. The SMILES string of the molecule is COc1ccc(S(=O)(=O)NCc2cccnc2-c2cnn(C)c2)cc1F. The fourth-order valence-corrected chi connectivity index (χ4v) is 3.47. The van der Waals surface area contributed by atoms with Crippen LogP contribution in [0.2, 0.25) is 0 Å². The topological polar surface area (TPSA) is 86.1 Å². The summed E-state index contributed by atoms with van der Waals surface area (Å²) in [6.45, 7) is 0.00799. The zero-order chi connectivity index (χ0) is 18.7. The number of hydrogen-bond donors (Lipinski definition) is 1. The highest BCUT2D eigenvalue weighted by Gasteiger charge is 2.18. The Labute approximate surface area is 150 Å². The van der Waals surface area contributed by atoms with Crippen LogP contribution in [0.15, 0.2) is 53.8 Å². The van der Waals surface area contributed by atoms with Crippen molar-refractivity contribution in [3.8, 4) is 17.0 Å². The van der Waals surface area contributed by atoms with E-state index in [4.69, 9.17) is 4.74 Å². The Morgan fingerprint density at radius 1 is 1.31 bits per heavy atom. The Morgan fingerprint density at radius 2 is 2.12 bits per heavy atom. The number of pyridine rings is 1. The van der Waals surface area contributed by atoms with Gasteiger partial charge in [-0.2, -0.15) is 5.10 Å². The molecule has 26 heavy (non-hydrogen) atoms. The van der Waals surface area contributed by atoms with Gasteiger partial charge in [0.15, 0.2) is 11.6 Å². The van der Waals surface area contributed by atoms with Crippen molar-refractivity contribution in [1.82, 2.24) is 19.5 Å². The van der Waals surface area contributed by atoms with E-state index in [1.807, 2.05) is 0 Å². The molecule has 9 heteroatoms. The van der Waals surface area contributed by atoms with Gasteiger partial charge in [0.2, 0.25) is 10.0 Å². The molecule has 136 valence electrons. The Morgan fingerprint density at radius 3 is 2.77 bits per heavy atom. The standard InChI is InChI=1S/C17H17FN4O3S/c1-22-11-13(9-20-22)17-12(4-3-7-19-17)10-21-26(23,24)14-5-6-16(25-2)15(18)8-14/h3-9,11,21H,10H2,1-2H3. The molecule has 7 nitrogen and oxygen atoms in total. The first-order chi connectivity index (χ1) is 12.4. The van der Waals surface area contributed by atoms with Gasteiger partial charge in [0.25, 0.3) is 0 Å². The van der Waals surface area contributed by atoms with Gasteiger partial charge in [0, 0.05) is 31.5 Å². The number of benzene rings is 1. The van der Waals surface area contributed by atoms with Gasteiger partial charge >= 0.3 is 0 Å².